The van der Waals surface area contributed by atoms with Crippen molar-refractivity contribution in [2.45, 2.75) is 93.6 Å². The molecule has 7 heteroatoms. The normalized spacial score (nSPS) is 26.5. The molecule has 0 radical (unpaired) electrons. The van der Waals surface area contributed by atoms with Gasteiger partial charge in [0.1, 0.15) is 11.6 Å². The van der Waals surface area contributed by atoms with Crippen molar-refractivity contribution in [2.75, 3.05) is 6.54 Å². The quantitative estimate of drug-likeness (QED) is 0.460. The monoisotopic (exact) mass is 506 g/mol. The topological polar surface area (TPSA) is 96.4 Å². The summed E-state index contributed by atoms with van der Waals surface area (Å²) in [5, 5.41) is 16.1. The lowest BCUT2D eigenvalue weighted by molar-refractivity contribution is -0.132. The number of thiazole rings is 1. The maximum atomic E-state index is 12.4. The fourth-order valence-corrected chi connectivity index (χ4v) is 4.26. The molecular weight excluding hydrogens is 460 g/mol. The van der Waals surface area contributed by atoms with E-state index in [1.54, 1.807) is 25.2 Å². The molecule has 1 aliphatic heterocycles. The minimum absolute atomic E-state index is 0.0726. The summed E-state index contributed by atoms with van der Waals surface area (Å²) in [7, 11) is 0. The Morgan fingerprint density at radius 2 is 1.74 bits per heavy atom. The van der Waals surface area contributed by atoms with Gasteiger partial charge in [-0.25, -0.2) is 4.98 Å². The highest BCUT2D eigenvalue weighted by Gasteiger charge is 2.29. The first-order valence-corrected chi connectivity index (χ1v) is 13.6. The lowest BCUT2D eigenvalue weighted by Crippen LogP contribution is -2.36. The van der Waals surface area contributed by atoms with E-state index in [1.165, 1.54) is 0 Å². The highest BCUT2D eigenvalue weighted by Crippen LogP contribution is 2.22. The van der Waals surface area contributed by atoms with Crippen molar-refractivity contribution in [1.29, 1.82) is 0 Å². The first-order chi connectivity index (χ1) is 16.5. The molecule has 1 amide bonds. The number of ketones is 2. The second-order valence-corrected chi connectivity index (χ2v) is 10.0. The van der Waals surface area contributed by atoms with E-state index >= 15 is 0 Å². The molecule has 2 heterocycles. The van der Waals surface area contributed by atoms with Crippen LogP contribution in [0.3, 0.4) is 0 Å². The summed E-state index contributed by atoms with van der Waals surface area (Å²) in [5.41, 5.74) is 2.20. The van der Waals surface area contributed by atoms with Crippen LogP contribution in [0.2, 0.25) is 0 Å². The van der Waals surface area contributed by atoms with Crippen molar-refractivity contribution in [3.05, 3.63) is 33.8 Å². The molecule has 1 aromatic rings. The number of amides is 1. The van der Waals surface area contributed by atoms with E-state index in [4.69, 9.17) is 0 Å². The molecule has 2 N–H and O–H groups in total. The van der Waals surface area contributed by atoms with Gasteiger partial charge in [-0.05, 0) is 46.1 Å². The molecule has 0 aliphatic carbocycles. The molecule has 0 saturated carbocycles. The van der Waals surface area contributed by atoms with Crippen LogP contribution in [0, 0.1) is 24.7 Å². The average molecular weight is 507 g/mol. The number of rotatable bonds is 1. The highest BCUT2D eigenvalue weighted by molar-refractivity contribution is 7.09. The van der Waals surface area contributed by atoms with Crippen LogP contribution >= 0.6 is 11.3 Å². The molecule has 6 nitrogen and oxygen atoms in total. The van der Waals surface area contributed by atoms with Crippen molar-refractivity contribution in [2.24, 2.45) is 17.8 Å². The first-order valence-electron chi connectivity index (χ1n) is 12.8. The van der Waals surface area contributed by atoms with Crippen LogP contribution in [0.15, 0.2) is 23.1 Å². The summed E-state index contributed by atoms with van der Waals surface area (Å²) in [6.45, 7) is 15.8. The molecule has 2 rings (SSSR count). The third kappa shape index (κ3) is 13.5. The van der Waals surface area contributed by atoms with Crippen molar-refractivity contribution in [1.82, 2.24) is 10.3 Å². The van der Waals surface area contributed by atoms with Gasteiger partial charge in [-0.3, -0.25) is 14.4 Å². The van der Waals surface area contributed by atoms with Gasteiger partial charge in [0.2, 0.25) is 5.91 Å². The maximum Gasteiger partial charge on any atom is 0.222 e. The average Bonchev–Trinajstić information content (AvgIpc) is 3.25. The molecule has 0 aromatic carbocycles. The van der Waals surface area contributed by atoms with Gasteiger partial charge < -0.3 is 10.4 Å². The van der Waals surface area contributed by atoms with Gasteiger partial charge in [-0.15, -0.1) is 11.3 Å². The fraction of sp³-hybridized carbons (Fsp3) is 0.643. The van der Waals surface area contributed by atoms with Crippen LogP contribution in [-0.4, -0.2) is 40.2 Å². The standard InChI is InChI=1S/C19H31NO4.C7H9NS.C2H6/c1-12-6-5-9-20-18(23)11-17(22)15(4)19(24)14(3)10-13(2)16(21)8-7-12;1-3-4-7-5-9-6(2)8-7;1-2/h6,13-15,17,22H,5,7-11H2,1-4H3,(H,20,23);3-5H,1-2H3;1-2H3/b12-6-;4-3-;/t13?,14?,15?,17-;;/m0../s1. The third-order valence-corrected chi connectivity index (χ3v) is 6.65. The number of aromatic nitrogens is 1. The predicted molar refractivity (Wildman–Crippen MR) is 146 cm³/mol. The summed E-state index contributed by atoms with van der Waals surface area (Å²) in [4.78, 5) is 40.8. The SMILES string of the molecule is C/C1=C/CCNC(=O)C[C@H](O)C(C)C(=O)C(C)CC(C)C(=O)CC1.C/C=C\c1csc(C)n1.CC. The van der Waals surface area contributed by atoms with E-state index in [9.17, 15) is 19.5 Å². The molecule has 35 heavy (non-hydrogen) atoms. The van der Waals surface area contributed by atoms with E-state index in [2.05, 4.69) is 15.7 Å². The summed E-state index contributed by atoms with van der Waals surface area (Å²) >= 11 is 1.68. The van der Waals surface area contributed by atoms with E-state index in [0.29, 0.717) is 32.2 Å². The van der Waals surface area contributed by atoms with Crippen molar-refractivity contribution in [3.63, 3.8) is 0 Å². The van der Waals surface area contributed by atoms with E-state index < -0.39 is 12.0 Å². The molecule has 0 saturated heterocycles. The van der Waals surface area contributed by atoms with E-state index in [1.807, 2.05) is 59.8 Å². The largest absolute Gasteiger partial charge is 0.392 e. The second-order valence-electron chi connectivity index (χ2n) is 8.95. The Balaban J connectivity index is 0.000000870. The Morgan fingerprint density at radius 1 is 1.09 bits per heavy atom. The van der Waals surface area contributed by atoms with Gasteiger partial charge in [0, 0.05) is 36.1 Å². The molecule has 0 spiro atoms. The minimum atomic E-state index is -0.990. The molecule has 1 aliphatic rings. The summed E-state index contributed by atoms with van der Waals surface area (Å²) in [6.07, 6.45) is 7.36. The van der Waals surface area contributed by atoms with Crippen LogP contribution in [-0.2, 0) is 14.4 Å². The number of hydrogen-bond donors (Lipinski definition) is 2. The van der Waals surface area contributed by atoms with Crippen molar-refractivity contribution in [3.8, 4) is 0 Å². The lowest BCUT2D eigenvalue weighted by Gasteiger charge is -2.23. The maximum absolute atomic E-state index is 12.4. The van der Waals surface area contributed by atoms with E-state index in [0.717, 1.165) is 16.3 Å². The Kier molecular flexibility index (Phi) is 17.1. The Labute approximate surface area is 216 Å². The van der Waals surface area contributed by atoms with E-state index in [-0.39, 0.29) is 35.7 Å². The number of hydrogen-bond acceptors (Lipinski definition) is 6. The number of nitrogens with zero attached hydrogens (tertiary/aromatic N) is 1. The molecular formula is C28H46N2O4S. The summed E-state index contributed by atoms with van der Waals surface area (Å²) < 4.78 is 0. The molecule has 4 atom stereocenters. The van der Waals surface area contributed by atoms with Crippen molar-refractivity contribution >= 4 is 34.9 Å². The number of allylic oxidation sites excluding steroid dienone is 2. The second kappa shape index (κ2) is 18.2. The molecule has 0 fully saturated rings. The number of aryl methyl sites for hydroxylation is 1. The van der Waals surface area contributed by atoms with Crippen LogP contribution in [0.4, 0.5) is 0 Å². The molecule has 1 aromatic heterocycles. The zero-order valence-corrected chi connectivity index (χ0v) is 23.7. The lowest BCUT2D eigenvalue weighted by atomic mass is 9.83. The third-order valence-electron chi connectivity index (χ3n) is 5.86. The summed E-state index contributed by atoms with van der Waals surface area (Å²) in [6, 6.07) is 0. The number of carbonyl (C=O) groups excluding carboxylic acids is 3. The number of nitrogens with one attached hydrogen (secondary N) is 1. The van der Waals surface area contributed by atoms with Crippen LogP contribution in [0.1, 0.15) is 91.3 Å². The van der Waals surface area contributed by atoms with Crippen LogP contribution in [0.5, 0.6) is 0 Å². The van der Waals surface area contributed by atoms with Gasteiger partial charge in [-0.2, -0.15) is 0 Å². The number of aliphatic hydroxyl groups excluding tert-OH is 1. The number of aliphatic hydroxyl groups is 1. The molecule has 3 unspecified atom stereocenters. The van der Waals surface area contributed by atoms with Crippen LogP contribution < -0.4 is 5.32 Å². The van der Waals surface area contributed by atoms with Gasteiger partial charge >= 0.3 is 0 Å². The number of carbonyl (C=O) groups is 3. The molecule has 198 valence electrons. The van der Waals surface area contributed by atoms with Gasteiger partial charge in [0.25, 0.3) is 0 Å². The van der Waals surface area contributed by atoms with Gasteiger partial charge in [-0.1, -0.05) is 52.3 Å². The predicted octanol–water partition coefficient (Wildman–Crippen LogP) is 5.93. The fourth-order valence-electron chi connectivity index (χ4n) is 3.68. The Morgan fingerprint density at radius 3 is 2.31 bits per heavy atom. The number of Topliss-reactive ketones (excluding diaryl/α,β-unsaturated/α-hetero) is 2. The molecule has 0 bridgehead atoms. The van der Waals surface area contributed by atoms with Gasteiger partial charge in [0.05, 0.1) is 23.2 Å². The van der Waals surface area contributed by atoms with Crippen LogP contribution in [0.25, 0.3) is 6.08 Å². The smallest absolute Gasteiger partial charge is 0.222 e. The highest BCUT2D eigenvalue weighted by atomic mass is 32.1. The minimum Gasteiger partial charge on any atom is -0.392 e. The summed E-state index contributed by atoms with van der Waals surface area (Å²) in [5.74, 6) is -1.23. The Bertz CT molecular complexity index is 844. The van der Waals surface area contributed by atoms with Crippen molar-refractivity contribution < 1.29 is 19.5 Å². The first kappa shape index (κ1) is 32.9. The Hall–Kier alpha value is -2.12. The van der Waals surface area contributed by atoms with Gasteiger partial charge in [0.15, 0.2) is 0 Å². The zero-order chi connectivity index (χ0) is 27.0. The zero-order valence-electron chi connectivity index (χ0n) is 22.9.